The number of thiazole rings is 1. The van der Waals surface area contributed by atoms with E-state index in [0.29, 0.717) is 5.82 Å². The predicted molar refractivity (Wildman–Crippen MR) is 57.7 cm³/mol. The smallest absolute Gasteiger partial charge is 0.212 e. The third-order valence-corrected chi connectivity index (χ3v) is 2.65. The summed E-state index contributed by atoms with van der Waals surface area (Å²) in [6.07, 6.45) is 1.55. The van der Waals surface area contributed by atoms with E-state index < -0.39 is 0 Å². The Morgan fingerprint density at radius 2 is 2.43 bits per heavy atom. The number of hydrogen-bond donors (Lipinski definition) is 1. The minimum atomic E-state index is 0.192. The van der Waals surface area contributed by atoms with Crippen molar-refractivity contribution >= 4 is 28.5 Å². The SMILES string of the molecule is Cc1csc(-n2cnc(C(N)=S)n2)n1. The van der Waals surface area contributed by atoms with E-state index in [4.69, 9.17) is 18.0 Å². The van der Waals surface area contributed by atoms with E-state index in [0.717, 1.165) is 10.8 Å². The molecule has 2 N–H and O–H groups in total. The molecule has 0 aliphatic carbocycles. The second kappa shape index (κ2) is 3.43. The summed E-state index contributed by atoms with van der Waals surface area (Å²) in [5.41, 5.74) is 6.34. The average molecular weight is 225 g/mol. The Morgan fingerprint density at radius 3 is 2.93 bits per heavy atom. The highest BCUT2D eigenvalue weighted by Crippen LogP contribution is 2.12. The predicted octanol–water partition coefficient (Wildman–Crippen LogP) is 0.666. The Labute approximate surface area is 89.6 Å². The van der Waals surface area contributed by atoms with Gasteiger partial charge in [-0.2, -0.15) is 4.68 Å². The van der Waals surface area contributed by atoms with E-state index in [1.165, 1.54) is 11.3 Å². The number of thiocarbonyl (C=S) groups is 1. The molecule has 14 heavy (non-hydrogen) atoms. The second-order valence-corrected chi connectivity index (χ2v) is 3.92. The summed E-state index contributed by atoms with van der Waals surface area (Å²) in [5.74, 6) is 0.368. The molecular formula is C7H7N5S2. The first-order valence-corrected chi connectivity index (χ1v) is 5.09. The first-order valence-electron chi connectivity index (χ1n) is 3.81. The summed E-state index contributed by atoms with van der Waals surface area (Å²) >= 11 is 6.25. The first kappa shape index (κ1) is 9.22. The molecule has 0 spiro atoms. The Bertz CT molecular complexity index is 472. The molecule has 0 fully saturated rings. The lowest BCUT2D eigenvalue weighted by molar-refractivity contribution is 0.860. The van der Waals surface area contributed by atoms with E-state index in [1.54, 1.807) is 11.0 Å². The third-order valence-electron chi connectivity index (χ3n) is 1.52. The summed E-state index contributed by atoms with van der Waals surface area (Å²) in [4.78, 5) is 8.39. The lowest BCUT2D eigenvalue weighted by Gasteiger charge is -1.91. The third kappa shape index (κ3) is 1.64. The highest BCUT2D eigenvalue weighted by atomic mass is 32.1. The van der Waals surface area contributed by atoms with Gasteiger partial charge in [-0.1, -0.05) is 12.2 Å². The summed E-state index contributed by atoms with van der Waals surface area (Å²) in [5, 5.41) is 6.78. The Kier molecular flexibility index (Phi) is 2.26. The highest BCUT2D eigenvalue weighted by Gasteiger charge is 2.06. The van der Waals surface area contributed by atoms with E-state index >= 15 is 0 Å². The van der Waals surface area contributed by atoms with Gasteiger partial charge >= 0.3 is 0 Å². The largest absolute Gasteiger partial charge is 0.387 e. The first-order chi connectivity index (χ1) is 6.66. The Morgan fingerprint density at radius 1 is 1.64 bits per heavy atom. The molecule has 0 radical (unpaired) electrons. The van der Waals surface area contributed by atoms with Crippen LogP contribution in [-0.2, 0) is 0 Å². The molecule has 0 atom stereocenters. The van der Waals surface area contributed by atoms with Crippen LogP contribution in [0.3, 0.4) is 0 Å². The zero-order valence-corrected chi connectivity index (χ0v) is 8.97. The maximum atomic E-state index is 5.39. The summed E-state index contributed by atoms with van der Waals surface area (Å²) in [7, 11) is 0. The van der Waals surface area contributed by atoms with Crippen molar-refractivity contribution in [2.75, 3.05) is 0 Å². The van der Waals surface area contributed by atoms with Gasteiger partial charge in [0.25, 0.3) is 0 Å². The Balaban J connectivity index is 2.38. The topological polar surface area (TPSA) is 69.6 Å². The summed E-state index contributed by atoms with van der Waals surface area (Å²) in [6.45, 7) is 1.92. The number of aromatic nitrogens is 4. The van der Waals surface area contributed by atoms with Gasteiger partial charge in [0, 0.05) is 5.38 Å². The van der Waals surface area contributed by atoms with Crippen molar-refractivity contribution in [1.82, 2.24) is 19.7 Å². The van der Waals surface area contributed by atoms with Crippen molar-refractivity contribution in [3.8, 4) is 5.13 Å². The molecule has 0 aromatic carbocycles. The maximum absolute atomic E-state index is 5.39. The molecule has 0 saturated carbocycles. The fourth-order valence-corrected chi connectivity index (χ4v) is 1.73. The number of hydrogen-bond acceptors (Lipinski definition) is 5. The lowest BCUT2D eigenvalue weighted by Crippen LogP contribution is -2.12. The maximum Gasteiger partial charge on any atom is 0.212 e. The van der Waals surface area contributed by atoms with Gasteiger partial charge < -0.3 is 5.73 Å². The minimum Gasteiger partial charge on any atom is -0.387 e. The van der Waals surface area contributed by atoms with E-state index in [2.05, 4.69) is 15.1 Å². The van der Waals surface area contributed by atoms with Gasteiger partial charge in [-0.15, -0.1) is 16.4 Å². The number of nitrogens with zero attached hydrogens (tertiary/aromatic N) is 4. The molecule has 0 saturated heterocycles. The van der Waals surface area contributed by atoms with Crippen LogP contribution < -0.4 is 5.73 Å². The van der Waals surface area contributed by atoms with Crippen LogP contribution >= 0.6 is 23.6 Å². The molecule has 72 valence electrons. The van der Waals surface area contributed by atoms with Crippen LogP contribution in [0.15, 0.2) is 11.7 Å². The van der Waals surface area contributed by atoms with Crippen molar-refractivity contribution in [2.24, 2.45) is 5.73 Å². The van der Waals surface area contributed by atoms with Crippen LogP contribution in [0.25, 0.3) is 5.13 Å². The van der Waals surface area contributed by atoms with Crippen LogP contribution in [-0.4, -0.2) is 24.7 Å². The van der Waals surface area contributed by atoms with Crippen LogP contribution in [0.4, 0.5) is 0 Å². The van der Waals surface area contributed by atoms with E-state index in [-0.39, 0.29) is 4.99 Å². The van der Waals surface area contributed by atoms with Crippen molar-refractivity contribution < 1.29 is 0 Å². The normalized spacial score (nSPS) is 10.4. The van der Waals surface area contributed by atoms with Gasteiger partial charge in [0.2, 0.25) is 11.0 Å². The summed E-state index contributed by atoms with van der Waals surface area (Å²) in [6, 6.07) is 0. The fraction of sp³-hybridized carbons (Fsp3) is 0.143. The van der Waals surface area contributed by atoms with Crippen molar-refractivity contribution in [1.29, 1.82) is 0 Å². The van der Waals surface area contributed by atoms with Gasteiger partial charge in [0.15, 0.2) is 0 Å². The molecule has 5 nitrogen and oxygen atoms in total. The molecule has 0 bridgehead atoms. The zero-order chi connectivity index (χ0) is 10.1. The number of nitrogens with two attached hydrogens (primary N) is 1. The molecule has 0 unspecified atom stereocenters. The van der Waals surface area contributed by atoms with Crippen LogP contribution in [0, 0.1) is 6.92 Å². The number of rotatable bonds is 2. The van der Waals surface area contributed by atoms with Gasteiger partial charge in [-0.05, 0) is 6.92 Å². The molecule has 0 amide bonds. The average Bonchev–Trinajstić information content (AvgIpc) is 2.70. The van der Waals surface area contributed by atoms with Crippen LogP contribution in [0.5, 0.6) is 0 Å². The van der Waals surface area contributed by atoms with E-state index in [9.17, 15) is 0 Å². The van der Waals surface area contributed by atoms with Gasteiger partial charge in [0.1, 0.15) is 11.3 Å². The fourth-order valence-electron chi connectivity index (χ4n) is 0.915. The van der Waals surface area contributed by atoms with Crippen LogP contribution in [0.1, 0.15) is 11.5 Å². The molecule has 2 aromatic heterocycles. The monoisotopic (exact) mass is 225 g/mol. The molecule has 0 aliphatic rings. The molecular weight excluding hydrogens is 218 g/mol. The Hall–Kier alpha value is -1.34. The molecule has 2 heterocycles. The van der Waals surface area contributed by atoms with Crippen molar-refractivity contribution in [2.45, 2.75) is 6.92 Å². The van der Waals surface area contributed by atoms with Crippen LogP contribution in [0.2, 0.25) is 0 Å². The molecule has 2 rings (SSSR count). The molecule has 7 heteroatoms. The molecule has 0 aliphatic heterocycles. The minimum absolute atomic E-state index is 0.192. The van der Waals surface area contributed by atoms with Gasteiger partial charge in [-0.3, -0.25) is 0 Å². The standard InChI is InChI=1S/C7H7N5S2/c1-4-2-14-7(10-4)12-3-9-6(11-12)5(8)13/h2-3H,1H3,(H2,8,13). The van der Waals surface area contributed by atoms with E-state index in [1.807, 2.05) is 12.3 Å². The summed E-state index contributed by atoms with van der Waals surface area (Å²) < 4.78 is 1.56. The van der Waals surface area contributed by atoms with Gasteiger partial charge in [-0.25, -0.2) is 9.97 Å². The zero-order valence-electron chi connectivity index (χ0n) is 7.34. The van der Waals surface area contributed by atoms with Crippen molar-refractivity contribution in [3.63, 3.8) is 0 Å². The highest BCUT2D eigenvalue weighted by molar-refractivity contribution is 7.80. The van der Waals surface area contributed by atoms with Crippen molar-refractivity contribution in [3.05, 3.63) is 23.2 Å². The van der Waals surface area contributed by atoms with Gasteiger partial charge in [0.05, 0.1) is 5.69 Å². The molecule has 2 aromatic rings. The quantitative estimate of drug-likeness (QED) is 0.761. The lowest BCUT2D eigenvalue weighted by atomic mass is 10.6. The second-order valence-electron chi connectivity index (χ2n) is 2.65. The number of aryl methyl sites for hydroxylation is 1.